The van der Waals surface area contributed by atoms with Crippen molar-refractivity contribution in [1.82, 2.24) is 14.9 Å². The largest absolute Gasteiger partial charge is 0.496 e. The van der Waals surface area contributed by atoms with Crippen LogP contribution >= 0.6 is 23.1 Å². The van der Waals surface area contributed by atoms with Crippen molar-refractivity contribution < 1.29 is 9.53 Å². The summed E-state index contributed by atoms with van der Waals surface area (Å²) in [5.74, 6) is 0.768. The van der Waals surface area contributed by atoms with Crippen LogP contribution in [0.25, 0.3) is 15.9 Å². The fraction of sp³-hybridized carbons (Fsp3) is 0.321. The number of ether oxygens (including phenoxy) is 1. The summed E-state index contributed by atoms with van der Waals surface area (Å²) in [5.41, 5.74) is 4.93. The smallest absolute Gasteiger partial charge is 0.267 e. The first-order chi connectivity index (χ1) is 17.5. The molecule has 36 heavy (non-hydrogen) atoms. The number of benzene rings is 2. The maximum atomic E-state index is 14.0. The Kier molecular flexibility index (Phi) is 7.16. The standard InChI is InChI=1S/C28H29N3O3S2/c1-17-12-13-18(2)21(14-17)31-27(33)25-20-9-5-7-11-23(20)36-26(25)30-28(31)35-16-24(32)29-15-19-8-4-6-10-22(19)34-3/h4,6,8,10,12-14H,5,7,9,11,15-16H2,1-3H3,(H,29,32). The van der Waals surface area contributed by atoms with Crippen LogP contribution in [0.15, 0.2) is 52.4 Å². The zero-order chi connectivity index (χ0) is 25.2. The Balaban J connectivity index is 1.48. The topological polar surface area (TPSA) is 73.2 Å². The molecule has 2 heterocycles. The van der Waals surface area contributed by atoms with Crippen molar-refractivity contribution in [2.45, 2.75) is 51.2 Å². The quantitative estimate of drug-likeness (QED) is 0.263. The Hall–Kier alpha value is -3.10. The Morgan fingerprint density at radius 1 is 1.17 bits per heavy atom. The number of carbonyl (C=O) groups is 1. The number of para-hydroxylation sites is 1. The van der Waals surface area contributed by atoms with Gasteiger partial charge in [0.1, 0.15) is 10.6 Å². The van der Waals surface area contributed by atoms with Crippen LogP contribution in [0.3, 0.4) is 0 Å². The number of aryl methyl sites for hydroxylation is 4. The lowest BCUT2D eigenvalue weighted by molar-refractivity contribution is -0.118. The maximum Gasteiger partial charge on any atom is 0.267 e. The van der Waals surface area contributed by atoms with Gasteiger partial charge in [-0.1, -0.05) is 42.1 Å². The van der Waals surface area contributed by atoms with Crippen LogP contribution in [-0.2, 0) is 24.2 Å². The van der Waals surface area contributed by atoms with Crippen LogP contribution in [0.1, 0.15) is 40.0 Å². The van der Waals surface area contributed by atoms with E-state index in [2.05, 4.69) is 5.32 Å². The molecular formula is C28H29N3O3S2. The zero-order valence-electron chi connectivity index (χ0n) is 20.7. The van der Waals surface area contributed by atoms with Gasteiger partial charge in [-0.25, -0.2) is 4.98 Å². The summed E-state index contributed by atoms with van der Waals surface area (Å²) in [4.78, 5) is 33.8. The first-order valence-electron chi connectivity index (χ1n) is 12.1. The van der Waals surface area contributed by atoms with Gasteiger partial charge in [0.2, 0.25) is 5.91 Å². The highest BCUT2D eigenvalue weighted by atomic mass is 32.2. The molecule has 0 aliphatic heterocycles. The van der Waals surface area contributed by atoms with Gasteiger partial charge in [-0.05, 0) is 68.4 Å². The molecule has 1 amide bonds. The molecule has 2 aromatic heterocycles. The molecule has 1 aliphatic carbocycles. The molecule has 186 valence electrons. The molecule has 2 aromatic carbocycles. The van der Waals surface area contributed by atoms with Crippen molar-refractivity contribution in [3.63, 3.8) is 0 Å². The summed E-state index contributed by atoms with van der Waals surface area (Å²) in [6.07, 6.45) is 4.19. The molecule has 0 fully saturated rings. The predicted octanol–water partition coefficient (Wildman–Crippen LogP) is 5.36. The molecule has 6 nitrogen and oxygen atoms in total. The molecule has 0 spiro atoms. The van der Waals surface area contributed by atoms with E-state index in [1.807, 2.05) is 56.3 Å². The minimum absolute atomic E-state index is 0.0370. The third kappa shape index (κ3) is 4.80. The number of fused-ring (bicyclic) bond motifs is 3. The molecule has 0 bridgehead atoms. The minimum atomic E-state index is -0.127. The van der Waals surface area contributed by atoms with Crippen LogP contribution < -0.4 is 15.6 Å². The van der Waals surface area contributed by atoms with E-state index in [4.69, 9.17) is 9.72 Å². The number of rotatable bonds is 7. The van der Waals surface area contributed by atoms with Crippen LogP contribution in [0.4, 0.5) is 0 Å². The number of carbonyl (C=O) groups excluding carboxylic acids is 1. The van der Waals surface area contributed by atoms with Gasteiger partial charge in [0.15, 0.2) is 5.16 Å². The van der Waals surface area contributed by atoms with E-state index in [-0.39, 0.29) is 17.2 Å². The summed E-state index contributed by atoms with van der Waals surface area (Å²) < 4.78 is 7.09. The normalized spacial score (nSPS) is 13.0. The van der Waals surface area contributed by atoms with E-state index in [1.54, 1.807) is 23.0 Å². The Labute approximate surface area is 218 Å². The van der Waals surface area contributed by atoms with Crippen LogP contribution in [-0.4, -0.2) is 28.3 Å². The number of nitrogens with zero attached hydrogens (tertiary/aromatic N) is 2. The van der Waals surface area contributed by atoms with E-state index < -0.39 is 0 Å². The summed E-state index contributed by atoms with van der Waals surface area (Å²) in [7, 11) is 1.62. The number of hydrogen-bond acceptors (Lipinski definition) is 6. The van der Waals surface area contributed by atoms with Gasteiger partial charge >= 0.3 is 0 Å². The van der Waals surface area contributed by atoms with E-state index in [0.29, 0.717) is 11.7 Å². The van der Waals surface area contributed by atoms with Gasteiger partial charge in [0.25, 0.3) is 5.56 Å². The van der Waals surface area contributed by atoms with Crippen molar-refractivity contribution in [2.24, 2.45) is 0 Å². The average molecular weight is 520 g/mol. The minimum Gasteiger partial charge on any atom is -0.496 e. The highest BCUT2D eigenvalue weighted by Gasteiger charge is 2.24. The SMILES string of the molecule is COc1ccccc1CNC(=O)CSc1nc2sc3c(c2c(=O)n1-c1cc(C)ccc1C)CCCC3. The Morgan fingerprint density at radius 3 is 2.81 bits per heavy atom. The molecule has 5 rings (SSSR count). The second-order valence-corrected chi connectivity index (χ2v) is 11.1. The number of thiophene rings is 1. The van der Waals surface area contributed by atoms with Gasteiger partial charge in [-0.2, -0.15) is 0 Å². The lowest BCUT2D eigenvalue weighted by atomic mass is 9.97. The number of hydrogen-bond donors (Lipinski definition) is 1. The van der Waals surface area contributed by atoms with Crippen LogP contribution in [0, 0.1) is 13.8 Å². The summed E-state index contributed by atoms with van der Waals surface area (Å²) in [5, 5.41) is 4.26. The van der Waals surface area contributed by atoms with Crippen molar-refractivity contribution in [3.8, 4) is 11.4 Å². The fourth-order valence-electron chi connectivity index (χ4n) is 4.68. The highest BCUT2D eigenvalue weighted by Crippen LogP contribution is 2.35. The Morgan fingerprint density at radius 2 is 1.97 bits per heavy atom. The number of methoxy groups -OCH3 is 1. The molecule has 1 N–H and O–H groups in total. The predicted molar refractivity (Wildman–Crippen MR) is 147 cm³/mol. The lowest BCUT2D eigenvalue weighted by Gasteiger charge is -2.16. The lowest BCUT2D eigenvalue weighted by Crippen LogP contribution is -2.26. The molecule has 0 saturated carbocycles. The molecule has 0 atom stereocenters. The van der Waals surface area contributed by atoms with Crippen LogP contribution in [0.5, 0.6) is 5.75 Å². The van der Waals surface area contributed by atoms with Crippen molar-refractivity contribution in [1.29, 1.82) is 0 Å². The van der Waals surface area contributed by atoms with Crippen molar-refractivity contribution in [2.75, 3.05) is 12.9 Å². The summed E-state index contributed by atoms with van der Waals surface area (Å²) in [6, 6.07) is 13.7. The highest BCUT2D eigenvalue weighted by molar-refractivity contribution is 7.99. The van der Waals surface area contributed by atoms with Gasteiger partial charge in [0.05, 0.1) is 23.9 Å². The molecule has 8 heteroatoms. The van der Waals surface area contributed by atoms with Gasteiger partial charge < -0.3 is 10.1 Å². The average Bonchev–Trinajstić information content (AvgIpc) is 3.26. The molecular weight excluding hydrogens is 490 g/mol. The van der Waals surface area contributed by atoms with Crippen LogP contribution in [0.2, 0.25) is 0 Å². The van der Waals surface area contributed by atoms with Crippen molar-refractivity contribution >= 4 is 39.2 Å². The first-order valence-corrected chi connectivity index (χ1v) is 13.9. The zero-order valence-corrected chi connectivity index (χ0v) is 22.4. The molecule has 4 aromatic rings. The van der Waals surface area contributed by atoms with Gasteiger partial charge in [0, 0.05) is 17.0 Å². The first kappa shape index (κ1) is 24.6. The van der Waals surface area contributed by atoms with E-state index >= 15 is 0 Å². The number of thioether (sulfide) groups is 1. The molecule has 0 saturated heterocycles. The third-order valence-electron chi connectivity index (χ3n) is 6.56. The Bertz CT molecular complexity index is 1510. The van der Waals surface area contributed by atoms with Gasteiger partial charge in [-0.15, -0.1) is 11.3 Å². The number of nitrogens with one attached hydrogen (secondary N) is 1. The monoisotopic (exact) mass is 519 g/mol. The molecule has 1 aliphatic rings. The fourth-order valence-corrected chi connectivity index (χ4v) is 6.82. The van der Waals surface area contributed by atoms with E-state index in [1.165, 1.54) is 22.2 Å². The maximum absolute atomic E-state index is 14.0. The molecule has 0 radical (unpaired) electrons. The van der Waals surface area contributed by atoms with E-state index in [9.17, 15) is 9.59 Å². The van der Waals surface area contributed by atoms with Gasteiger partial charge in [-0.3, -0.25) is 14.2 Å². The summed E-state index contributed by atoms with van der Waals surface area (Å²) in [6.45, 7) is 4.39. The number of aromatic nitrogens is 2. The second-order valence-electron chi connectivity index (χ2n) is 9.09. The molecule has 0 unspecified atom stereocenters. The summed E-state index contributed by atoms with van der Waals surface area (Å²) >= 11 is 2.93. The second kappa shape index (κ2) is 10.5. The van der Waals surface area contributed by atoms with Crippen molar-refractivity contribution in [3.05, 3.63) is 79.9 Å². The van der Waals surface area contributed by atoms with E-state index in [0.717, 1.165) is 64.0 Å². The number of amides is 1. The third-order valence-corrected chi connectivity index (χ3v) is 8.69.